The van der Waals surface area contributed by atoms with Crippen LogP contribution in [0.3, 0.4) is 0 Å². The van der Waals surface area contributed by atoms with Crippen molar-refractivity contribution in [2.75, 3.05) is 11.1 Å². The molecule has 1 aromatic heterocycles. The van der Waals surface area contributed by atoms with Gasteiger partial charge in [-0.25, -0.2) is 9.07 Å². The molecular formula is C18H19FN4OS. The highest BCUT2D eigenvalue weighted by atomic mass is 32.2. The Morgan fingerprint density at radius 1 is 1.32 bits per heavy atom. The van der Waals surface area contributed by atoms with E-state index in [-0.39, 0.29) is 17.6 Å². The molecule has 4 rings (SSSR count). The van der Waals surface area contributed by atoms with Crippen LogP contribution >= 0.6 is 11.8 Å². The maximum Gasteiger partial charge on any atom is 0.227 e. The number of nitrogens with zero attached hydrogens (tertiary/aromatic N) is 3. The molecule has 2 heterocycles. The van der Waals surface area contributed by atoms with E-state index >= 15 is 0 Å². The number of halogens is 1. The Morgan fingerprint density at radius 2 is 2.08 bits per heavy atom. The highest BCUT2D eigenvalue weighted by Gasteiger charge is 2.38. The Bertz CT molecular complexity index is 858. The van der Waals surface area contributed by atoms with Crippen LogP contribution in [0.25, 0.3) is 0 Å². The van der Waals surface area contributed by atoms with Crippen molar-refractivity contribution in [2.24, 2.45) is 5.92 Å². The zero-order valence-electron chi connectivity index (χ0n) is 14.1. The van der Waals surface area contributed by atoms with E-state index in [1.807, 2.05) is 6.92 Å². The third kappa shape index (κ3) is 2.86. The van der Waals surface area contributed by atoms with E-state index in [2.05, 4.69) is 22.3 Å². The van der Waals surface area contributed by atoms with Crippen LogP contribution in [0.1, 0.15) is 38.3 Å². The standard InChI is InChI=1S/C18H19FN4OS/c1-3-25-18-21-17-20-13-8-10(2)9-14(24)15(13)16(23(17)22-18)11-4-6-12(19)7-5-11/h4-7,10,16H,3,8-9H2,1-2H3,(H,20,21,22). The van der Waals surface area contributed by atoms with Gasteiger partial charge in [0.15, 0.2) is 5.78 Å². The highest BCUT2D eigenvalue weighted by Crippen LogP contribution is 2.41. The number of nitrogens with one attached hydrogen (secondary N) is 1. The molecule has 25 heavy (non-hydrogen) atoms. The van der Waals surface area contributed by atoms with Gasteiger partial charge in [0.1, 0.15) is 11.9 Å². The number of fused-ring (bicyclic) bond motifs is 1. The Balaban J connectivity index is 1.86. The van der Waals surface area contributed by atoms with E-state index in [1.165, 1.54) is 12.1 Å². The predicted molar refractivity (Wildman–Crippen MR) is 95.0 cm³/mol. The van der Waals surface area contributed by atoms with E-state index in [4.69, 9.17) is 0 Å². The smallest absolute Gasteiger partial charge is 0.227 e. The van der Waals surface area contributed by atoms with Crippen molar-refractivity contribution in [3.63, 3.8) is 0 Å². The third-order valence-corrected chi connectivity index (χ3v) is 5.28. The van der Waals surface area contributed by atoms with Crippen LogP contribution in [0.5, 0.6) is 0 Å². The molecule has 0 saturated heterocycles. The van der Waals surface area contributed by atoms with Crippen molar-refractivity contribution in [3.05, 3.63) is 46.9 Å². The topological polar surface area (TPSA) is 59.8 Å². The van der Waals surface area contributed by atoms with Crippen LogP contribution in [-0.2, 0) is 4.79 Å². The molecule has 7 heteroatoms. The zero-order valence-corrected chi connectivity index (χ0v) is 14.9. The first-order chi connectivity index (χ1) is 12.1. The lowest BCUT2D eigenvalue weighted by atomic mass is 9.81. The molecule has 2 atom stereocenters. The van der Waals surface area contributed by atoms with Gasteiger partial charge in [-0.1, -0.05) is 37.7 Å². The molecule has 2 aromatic rings. The van der Waals surface area contributed by atoms with Gasteiger partial charge in [0, 0.05) is 17.7 Å². The van der Waals surface area contributed by atoms with Crippen LogP contribution in [0.2, 0.25) is 0 Å². The van der Waals surface area contributed by atoms with Crippen molar-refractivity contribution < 1.29 is 9.18 Å². The maximum atomic E-state index is 13.4. The Morgan fingerprint density at radius 3 is 2.80 bits per heavy atom. The second-order valence-electron chi connectivity index (χ2n) is 6.50. The summed E-state index contributed by atoms with van der Waals surface area (Å²) in [5.41, 5.74) is 2.50. The number of hydrogen-bond donors (Lipinski definition) is 1. The van der Waals surface area contributed by atoms with Crippen LogP contribution < -0.4 is 5.32 Å². The monoisotopic (exact) mass is 358 g/mol. The van der Waals surface area contributed by atoms with Gasteiger partial charge in [-0.2, -0.15) is 4.98 Å². The molecule has 1 aliphatic heterocycles. The summed E-state index contributed by atoms with van der Waals surface area (Å²) < 4.78 is 15.1. The Hall–Kier alpha value is -2.15. The van der Waals surface area contributed by atoms with Crippen molar-refractivity contribution in [3.8, 4) is 0 Å². The number of anilines is 1. The Kier molecular flexibility index (Phi) is 4.11. The van der Waals surface area contributed by atoms with Crippen LogP contribution in [0.15, 0.2) is 40.7 Å². The summed E-state index contributed by atoms with van der Waals surface area (Å²) in [5.74, 6) is 1.64. The molecule has 0 amide bonds. The molecule has 1 aliphatic carbocycles. The molecule has 0 spiro atoms. The first-order valence-electron chi connectivity index (χ1n) is 8.45. The molecule has 1 N–H and O–H groups in total. The number of rotatable bonds is 3. The molecule has 130 valence electrons. The van der Waals surface area contributed by atoms with Gasteiger partial charge >= 0.3 is 0 Å². The molecule has 0 fully saturated rings. The summed E-state index contributed by atoms with van der Waals surface area (Å²) in [7, 11) is 0. The molecule has 1 aromatic carbocycles. The lowest BCUT2D eigenvalue weighted by Gasteiger charge is -2.34. The number of aromatic nitrogens is 3. The van der Waals surface area contributed by atoms with Gasteiger partial charge in [-0.15, -0.1) is 5.10 Å². The number of allylic oxidation sites excluding steroid dienone is 2. The largest absolute Gasteiger partial charge is 0.328 e. The number of Topliss-reactive ketones (excluding diaryl/α,β-unsaturated/α-hetero) is 1. The SMILES string of the molecule is CCSc1nc2n(n1)C(c1ccc(F)cc1)C1=C(CC(C)CC1=O)N2. The van der Waals surface area contributed by atoms with E-state index in [1.54, 1.807) is 28.6 Å². The summed E-state index contributed by atoms with van der Waals surface area (Å²) in [5, 5.41) is 8.58. The third-order valence-electron chi connectivity index (χ3n) is 4.56. The first kappa shape index (κ1) is 16.3. The second kappa shape index (κ2) is 6.29. The molecule has 0 radical (unpaired) electrons. The fourth-order valence-electron chi connectivity index (χ4n) is 3.53. The summed E-state index contributed by atoms with van der Waals surface area (Å²) in [4.78, 5) is 17.4. The first-order valence-corrected chi connectivity index (χ1v) is 9.43. The molecule has 5 nitrogen and oxygen atoms in total. The van der Waals surface area contributed by atoms with Gasteiger partial charge in [-0.05, 0) is 35.8 Å². The number of thioether (sulfide) groups is 1. The average molecular weight is 358 g/mol. The summed E-state index contributed by atoms with van der Waals surface area (Å²) in [6, 6.07) is 5.93. The van der Waals surface area contributed by atoms with Gasteiger partial charge in [-0.3, -0.25) is 4.79 Å². The summed E-state index contributed by atoms with van der Waals surface area (Å²) in [6.07, 6.45) is 1.33. The average Bonchev–Trinajstić information content (AvgIpc) is 2.96. The lowest BCUT2D eigenvalue weighted by molar-refractivity contribution is -0.117. The molecule has 0 bridgehead atoms. The molecule has 2 aliphatic rings. The molecule has 2 unspecified atom stereocenters. The minimum Gasteiger partial charge on any atom is -0.328 e. The quantitative estimate of drug-likeness (QED) is 0.846. The number of ketones is 1. The van der Waals surface area contributed by atoms with E-state index in [0.29, 0.717) is 23.4 Å². The second-order valence-corrected chi connectivity index (χ2v) is 7.73. The van der Waals surface area contributed by atoms with Crippen molar-refractivity contribution >= 4 is 23.5 Å². The van der Waals surface area contributed by atoms with Crippen molar-refractivity contribution in [2.45, 2.75) is 37.9 Å². The molecule has 0 saturated carbocycles. The normalized spacial score (nSPS) is 22.4. The number of benzene rings is 1. The minimum atomic E-state index is -0.356. The highest BCUT2D eigenvalue weighted by molar-refractivity contribution is 7.99. The zero-order chi connectivity index (χ0) is 17.6. The van der Waals surface area contributed by atoms with Crippen LogP contribution in [-0.4, -0.2) is 26.3 Å². The van der Waals surface area contributed by atoms with Gasteiger partial charge in [0.2, 0.25) is 11.1 Å². The fourth-order valence-corrected chi connectivity index (χ4v) is 4.09. The van der Waals surface area contributed by atoms with E-state index < -0.39 is 0 Å². The number of carbonyl (C=O) groups excluding carboxylic acids is 1. The Labute approximate surface area is 149 Å². The number of carbonyl (C=O) groups is 1. The van der Waals surface area contributed by atoms with E-state index in [9.17, 15) is 9.18 Å². The number of hydrogen-bond acceptors (Lipinski definition) is 5. The predicted octanol–water partition coefficient (Wildman–Crippen LogP) is 3.80. The van der Waals surface area contributed by atoms with E-state index in [0.717, 1.165) is 29.0 Å². The van der Waals surface area contributed by atoms with Gasteiger partial charge in [0.05, 0.1) is 0 Å². The lowest BCUT2D eigenvalue weighted by Crippen LogP contribution is -2.33. The van der Waals surface area contributed by atoms with Gasteiger partial charge in [0.25, 0.3) is 0 Å². The van der Waals surface area contributed by atoms with Gasteiger partial charge < -0.3 is 5.32 Å². The van der Waals surface area contributed by atoms with Crippen molar-refractivity contribution in [1.29, 1.82) is 0 Å². The minimum absolute atomic E-state index is 0.126. The molecular weight excluding hydrogens is 339 g/mol. The summed E-state index contributed by atoms with van der Waals surface area (Å²) >= 11 is 1.56. The summed E-state index contributed by atoms with van der Waals surface area (Å²) in [6.45, 7) is 4.12. The maximum absolute atomic E-state index is 13.4. The fraction of sp³-hybridized carbons (Fsp3) is 0.389. The van der Waals surface area contributed by atoms with Crippen molar-refractivity contribution in [1.82, 2.24) is 14.8 Å². The van der Waals surface area contributed by atoms with Crippen LogP contribution in [0, 0.1) is 11.7 Å². The van der Waals surface area contributed by atoms with Crippen LogP contribution in [0.4, 0.5) is 10.3 Å².